The van der Waals surface area contributed by atoms with E-state index in [2.05, 4.69) is 43.4 Å². The fraction of sp³-hybridized carbons (Fsp3) is 0.238. The maximum atomic E-state index is 12.3. The van der Waals surface area contributed by atoms with Crippen LogP contribution in [0.5, 0.6) is 0 Å². The van der Waals surface area contributed by atoms with Gasteiger partial charge < -0.3 is 5.32 Å². The lowest BCUT2D eigenvalue weighted by molar-refractivity contribution is -0.113. The number of amides is 1. The smallest absolute Gasteiger partial charge is 0.234 e. The number of aromatic nitrogens is 1. The second kappa shape index (κ2) is 7.70. The summed E-state index contributed by atoms with van der Waals surface area (Å²) in [7, 11) is 0. The Morgan fingerprint density at radius 1 is 1.12 bits per heavy atom. The van der Waals surface area contributed by atoms with E-state index in [-0.39, 0.29) is 5.91 Å². The van der Waals surface area contributed by atoms with E-state index < -0.39 is 0 Å². The molecule has 3 aromatic rings. The normalized spacial score (nSPS) is 10.8. The average Bonchev–Trinajstić information content (AvgIpc) is 2.61. The van der Waals surface area contributed by atoms with Crippen LogP contribution in [0.25, 0.3) is 10.9 Å². The van der Waals surface area contributed by atoms with Gasteiger partial charge in [0.15, 0.2) is 0 Å². The van der Waals surface area contributed by atoms with Gasteiger partial charge in [-0.2, -0.15) is 0 Å². The van der Waals surface area contributed by atoms with Crippen LogP contribution in [0.3, 0.4) is 0 Å². The van der Waals surface area contributed by atoms with Crippen molar-refractivity contribution >= 4 is 34.3 Å². The number of anilines is 1. The van der Waals surface area contributed by atoms with Gasteiger partial charge in [0.05, 0.1) is 11.3 Å². The molecule has 2 aromatic carbocycles. The van der Waals surface area contributed by atoms with Gasteiger partial charge in [-0.3, -0.25) is 4.79 Å². The van der Waals surface area contributed by atoms with Crippen LogP contribution in [0, 0.1) is 13.8 Å². The van der Waals surface area contributed by atoms with E-state index in [9.17, 15) is 4.79 Å². The molecule has 3 rings (SSSR count). The molecule has 0 atom stereocenters. The van der Waals surface area contributed by atoms with E-state index in [1.54, 1.807) is 0 Å². The largest absolute Gasteiger partial charge is 0.325 e. The van der Waals surface area contributed by atoms with Crippen molar-refractivity contribution in [3.8, 4) is 0 Å². The highest BCUT2D eigenvalue weighted by molar-refractivity contribution is 8.00. The third-order valence-corrected chi connectivity index (χ3v) is 5.19. The Morgan fingerprint density at radius 3 is 2.68 bits per heavy atom. The molecule has 0 radical (unpaired) electrons. The number of pyridine rings is 1. The maximum absolute atomic E-state index is 12.3. The summed E-state index contributed by atoms with van der Waals surface area (Å²) in [4.78, 5) is 17.1. The van der Waals surface area contributed by atoms with Crippen molar-refractivity contribution in [1.82, 2.24) is 4.98 Å². The van der Waals surface area contributed by atoms with Crippen LogP contribution in [-0.4, -0.2) is 16.6 Å². The fourth-order valence-electron chi connectivity index (χ4n) is 2.71. The third-order valence-electron chi connectivity index (χ3n) is 4.15. The van der Waals surface area contributed by atoms with Gasteiger partial charge in [-0.15, -0.1) is 0 Å². The first-order chi connectivity index (χ1) is 12.1. The summed E-state index contributed by atoms with van der Waals surface area (Å²) >= 11 is 1.50. The van der Waals surface area contributed by atoms with Crippen molar-refractivity contribution in [2.24, 2.45) is 0 Å². The lowest BCUT2D eigenvalue weighted by atomic mass is 10.1. The number of carbonyl (C=O) groups is 1. The number of para-hydroxylation sites is 1. The summed E-state index contributed by atoms with van der Waals surface area (Å²) in [5.41, 5.74) is 5.29. The molecule has 0 spiro atoms. The summed E-state index contributed by atoms with van der Waals surface area (Å²) in [6.07, 6.45) is 0.901. The molecule has 0 saturated carbocycles. The molecular formula is C21H22N2OS. The lowest BCUT2D eigenvalue weighted by Crippen LogP contribution is -2.15. The number of fused-ring (bicyclic) bond motifs is 1. The monoisotopic (exact) mass is 350 g/mol. The second-order valence-electron chi connectivity index (χ2n) is 6.15. The predicted molar refractivity (Wildman–Crippen MR) is 106 cm³/mol. The van der Waals surface area contributed by atoms with Gasteiger partial charge in [-0.25, -0.2) is 4.98 Å². The van der Waals surface area contributed by atoms with Crippen molar-refractivity contribution in [1.29, 1.82) is 0 Å². The topological polar surface area (TPSA) is 42.0 Å². The Balaban J connectivity index is 1.75. The Kier molecular flexibility index (Phi) is 5.39. The van der Waals surface area contributed by atoms with E-state index in [1.165, 1.54) is 22.9 Å². The van der Waals surface area contributed by atoms with E-state index >= 15 is 0 Å². The first-order valence-corrected chi connectivity index (χ1v) is 9.44. The maximum Gasteiger partial charge on any atom is 0.234 e. The molecule has 0 aliphatic rings. The third kappa shape index (κ3) is 4.20. The van der Waals surface area contributed by atoms with Crippen LogP contribution in [0.4, 0.5) is 5.69 Å². The van der Waals surface area contributed by atoms with Crippen molar-refractivity contribution in [3.63, 3.8) is 0 Å². The van der Waals surface area contributed by atoms with E-state index in [0.29, 0.717) is 5.75 Å². The lowest BCUT2D eigenvalue weighted by Gasteiger charge is -2.11. The molecule has 3 nitrogen and oxygen atoms in total. The van der Waals surface area contributed by atoms with Gasteiger partial charge in [0.2, 0.25) is 5.91 Å². The molecule has 0 fully saturated rings. The van der Waals surface area contributed by atoms with E-state index in [1.807, 2.05) is 31.2 Å². The molecule has 0 aliphatic heterocycles. The molecule has 0 saturated heterocycles. The molecular weight excluding hydrogens is 328 g/mol. The molecule has 4 heteroatoms. The number of hydrogen-bond donors (Lipinski definition) is 1. The van der Waals surface area contributed by atoms with Crippen LogP contribution in [-0.2, 0) is 11.2 Å². The minimum Gasteiger partial charge on any atom is -0.325 e. The Morgan fingerprint density at radius 2 is 1.92 bits per heavy atom. The summed E-state index contributed by atoms with van der Waals surface area (Å²) in [5.74, 6) is 0.346. The number of hydrogen-bond acceptors (Lipinski definition) is 3. The molecule has 1 heterocycles. The number of aryl methyl sites for hydroxylation is 3. The zero-order valence-corrected chi connectivity index (χ0v) is 15.6. The molecule has 0 unspecified atom stereocenters. The number of carbonyl (C=O) groups excluding carboxylic acids is 1. The van der Waals surface area contributed by atoms with Gasteiger partial charge in [-0.05, 0) is 55.2 Å². The average molecular weight is 350 g/mol. The first-order valence-electron chi connectivity index (χ1n) is 8.45. The van der Waals surface area contributed by atoms with Crippen LogP contribution >= 0.6 is 11.8 Å². The van der Waals surface area contributed by atoms with Gasteiger partial charge in [0.1, 0.15) is 5.03 Å². The highest BCUT2D eigenvalue weighted by Gasteiger charge is 2.10. The Bertz CT molecular complexity index is 921. The van der Waals surface area contributed by atoms with Crippen molar-refractivity contribution < 1.29 is 4.79 Å². The molecule has 1 N–H and O–H groups in total. The standard InChI is InChI=1S/C21H22N2OS/c1-4-16-12-17-10-9-14(2)11-19(17)23-21(16)25-13-20(24)22-18-8-6-5-7-15(18)3/h5-12H,4,13H2,1-3H3,(H,22,24). The van der Waals surface area contributed by atoms with Gasteiger partial charge in [0, 0.05) is 11.1 Å². The zero-order chi connectivity index (χ0) is 17.8. The minimum atomic E-state index is -0.00695. The molecule has 1 aromatic heterocycles. The number of nitrogens with one attached hydrogen (secondary N) is 1. The zero-order valence-electron chi connectivity index (χ0n) is 14.8. The van der Waals surface area contributed by atoms with Crippen molar-refractivity contribution in [2.45, 2.75) is 32.2 Å². The first kappa shape index (κ1) is 17.5. The second-order valence-corrected chi connectivity index (χ2v) is 7.12. The Labute approximate surface area is 152 Å². The number of thioether (sulfide) groups is 1. The van der Waals surface area contributed by atoms with Crippen LogP contribution in [0.15, 0.2) is 53.6 Å². The molecule has 0 bridgehead atoms. The van der Waals surface area contributed by atoms with E-state index in [0.717, 1.165) is 33.6 Å². The van der Waals surface area contributed by atoms with Crippen LogP contribution in [0.2, 0.25) is 0 Å². The molecule has 128 valence electrons. The quantitative estimate of drug-likeness (QED) is 0.648. The van der Waals surface area contributed by atoms with E-state index in [4.69, 9.17) is 4.98 Å². The molecule has 0 aliphatic carbocycles. The van der Waals surface area contributed by atoms with Gasteiger partial charge in [-0.1, -0.05) is 49.0 Å². The van der Waals surface area contributed by atoms with Crippen LogP contribution < -0.4 is 5.32 Å². The molecule has 1 amide bonds. The van der Waals surface area contributed by atoms with Gasteiger partial charge in [0.25, 0.3) is 0 Å². The highest BCUT2D eigenvalue weighted by Crippen LogP contribution is 2.26. The Hall–Kier alpha value is -2.33. The number of nitrogens with zero attached hydrogens (tertiary/aromatic N) is 1. The highest BCUT2D eigenvalue weighted by atomic mass is 32.2. The SMILES string of the molecule is CCc1cc2ccc(C)cc2nc1SCC(=O)Nc1ccccc1C. The minimum absolute atomic E-state index is 0.00695. The molecule has 25 heavy (non-hydrogen) atoms. The van der Waals surface area contributed by atoms with Crippen molar-refractivity contribution in [2.75, 3.05) is 11.1 Å². The number of rotatable bonds is 5. The van der Waals surface area contributed by atoms with Crippen molar-refractivity contribution in [3.05, 3.63) is 65.2 Å². The summed E-state index contributed by atoms with van der Waals surface area (Å²) < 4.78 is 0. The van der Waals surface area contributed by atoms with Gasteiger partial charge >= 0.3 is 0 Å². The van der Waals surface area contributed by atoms with Crippen LogP contribution in [0.1, 0.15) is 23.6 Å². The summed E-state index contributed by atoms with van der Waals surface area (Å²) in [5, 5.41) is 5.07. The summed E-state index contributed by atoms with van der Waals surface area (Å²) in [6, 6.07) is 16.3. The predicted octanol–water partition coefficient (Wildman–Crippen LogP) is 5.14. The summed E-state index contributed by atoms with van der Waals surface area (Å²) in [6.45, 7) is 6.18. The number of benzene rings is 2. The fourth-order valence-corrected chi connectivity index (χ4v) is 3.61.